The van der Waals surface area contributed by atoms with E-state index in [9.17, 15) is 4.79 Å². The molecule has 0 aliphatic rings. The highest BCUT2D eigenvalue weighted by atomic mass is 16.4. The average Bonchev–Trinajstić information content (AvgIpc) is 2.81. The summed E-state index contributed by atoms with van der Waals surface area (Å²) in [4.78, 5) is 11.9. The van der Waals surface area contributed by atoms with Crippen molar-refractivity contribution in [2.75, 3.05) is 0 Å². The Morgan fingerprint density at radius 3 is 2.78 bits per heavy atom. The van der Waals surface area contributed by atoms with Crippen LogP contribution in [0.5, 0.6) is 0 Å². The summed E-state index contributed by atoms with van der Waals surface area (Å²) in [6.07, 6.45) is 3.02. The number of rotatable bonds is 3. The molecule has 0 atom stereocenters. The zero-order chi connectivity index (χ0) is 12.5. The maximum Gasteiger partial charge on any atom is 0.347 e. The predicted molar refractivity (Wildman–Crippen MR) is 70.9 cm³/mol. The van der Waals surface area contributed by atoms with Crippen molar-refractivity contribution in [1.82, 2.24) is 0 Å². The Morgan fingerprint density at radius 2 is 1.94 bits per heavy atom. The van der Waals surface area contributed by atoms with Crippen LogP contribution in [-0.4, -0.2) is 0 Å². The summed E-state index contributed by atoms with van der Waals surface area (Å²) in [6, 6.07) is 9.26. The summed E-state index contributed by atoms with van der Waals surface area (Å²) in [5, 5.41) is 1.40. The monoisotopic (exact) mass is 242 g/mol. The van der Waals surface area contributed by atoms with Gasteiger partial charge in [-0.2, -0.15) is 0 Å². The lowest BCUT2D eigenvalue weighted by Gasteiger charge is -1.96. The van der Waals surface area contributed by atoms with Gasteiger partial charge in [-0.25, -0.2) is 4.79 Å². The van der Waals surface area contributed by atoms with Gasteiger partial charge >= 0.3 is 5.63 Å². The van der Waals surface area contributed by atoms with Crippen LogP contribution >= 0.6 is 0 Å². The molecule has 3 rings (SSSR count). The lowest BCUT2D eigenvalue weighted by Crippen LogP contribution is -1.97. The minimum absolute atomic E-state index is 0.324. The van der Waals surface area contributed by atoms with Crippen molar-refractivity contribution >= 4 is 21.9 Å². The van der Waals surface area contributed by atoms with Crippen LogP contribution in [0.2, 0.25) is 0 Å². The maximum atomic E-state index is 11.9. The van der Waals surface area contributed by atoms with Gasteiger partial charge in [-0.05, 0) is 24.6 Å². The summed E-state index contributed by atoms with van der Waals surface area (Å²) < 4.78 is 11.1. The van der Waals surface area contributed by atoms with Crippen molar-refractivity contribution in [1.29, 1.82) is 0 Å². The second-order valence-corrected chi connectivity index (χ2v) is 4.44. The van der Waals surface area contributed by atoms with E-state index in [0.717, 1.165) is 30.4 Å². The van der Waals surface area contributed by atoms with Gasteiger partial charge in [0, 0.05) is 6.42 Å². The van der Waals surface area contributed by atoms with Gasteiger partial charge in [-0.3, -0.25) is 0 Å². The number of furan rings is 1. The van der Waals surface area contributed by atoms with Crippen LogP contribution in [-0.2, 0) is 6.42 Å². The highest BCUT2D eigenvalue weighted by Gasteiger charge is 2.12. The number of hydrogen-bond donors (Lipinski definition) is 0. The van der Waals surface area contributed by atoms with Gasteiger partial charge in [-0.15, -0.1) is 0 Å². The first-order valence-electron chi connectivity index (χ1n) is 6.24. The van der Waals surface area contributed by atoms with E-state index in [2.05, 4.69) is 6.92 Å². The van der Waals surface area contributed by atoms with Crippen LogP contribution < -0.4 is 5.63 Å². The molecular weight excluding hydrogens is 228 g/mol. The number of aryl methyl sites for hydroxylation is 1. The molecule has 0 fully saturated rings. The lowest BCUT2D eigenvalue weighted by atomic mass is 10.2. The molecule has 18 heavy (non-hydrogen) atoms. The van der Waals surface area contributed by atoms with Gasteiger partial charge in [0.1, 0.15) is 16.7 Å². The molecule has 0 saturated heterocycles. The first-order chi connectivity index (χ1) is 8.79. The molecule has 2 aromatic heterocycles. The minimum atomic E-state index is -0.324. The fourth-order valence-electron chi connectivity index (χ4n) is 2.17. The minimum Gasteiger partial charge on any atom is -0.460 e. The molecule has 0 radical (unpaired) electrons. The van der Waals surface area contributed by atoms with Crippen LogP contribution in [0.4, 0.5) is 0 Å². The van der Waals surface area contributed by atoms with E-state index in [1.165, 1.54) is 0 Å². The summed E-state index contributed by atoms with van der Waals surface area (Å²) in [5.74, 6) is 0.857. The fraction of sp³-hybridized carbons (Fsp3) is 0.267. The zero-order valence-corrected chi connectivity index (χ0v) is 10.2. The molecule has 1 aromatic carbocycles. The summed E-state index contributed by atoms with van der Waals surface area (Å²) in [7, 11) is 0. The van der Waals surface area contributed by atoms with Crippen molar-refractivity contribution in [3.05, 3.63) is 46.5 Å². The Bertz CT molecular complexity index is 749. The van der Waals surface area contributed by atoms with Crippen molar-refractivity contribution in [2.24, 2.45) is 0 Å². The summed E-state index contributed by atoms with van der Waals surface area (Å²) in [6.45, 7) is 2.13. The van der Waals surface area contributed by atoms with E-state index in [1.807, 2.05) is 24.3 Å². The maximum absolute atomic E-state index is 11.9. The summed E-state index contributed by atoms with van der Waals surface area (Å²) >= 11 is 0. The molecule has 0 aliphatic heterocycles. The molecular formula is C15H14O3. The second-order valence-electron chi connectivity index (χ2n) is 4.44. The van der Waals surface area contributed by atoms with Crippen molar-refractivity contribution in [3.8, 4) is 0 Å². The third-order valence-electron chi connectivity index (χ3n) is 3.11. The highest BCUT2D eigenvalue weighted by Crippen LogP contribution is 2.26. The second kappa shape index (κ2) is 4.33. The molecule has 2 heterocycles. The zero-order valence-electron chi connectivity index (χ0n) is 10.2. The third kappa shape index (κ3) is 1.72. The predicted octanol–water partition coefficient (Wildman–Crippen LogP) is 3.88. The smallest absolute Gasteiger partial charge is 0.347 e. The largest absolute Gasteiger partial charge is 0.460 e. The molecule has 0 spiro atoms. The van der Waals surface area contributed by atoms with Crippen LogP contribution in [0.15, 0.2) is 44.0 Å². The van der Waals surface area contributed by atoms with E-state index in [1.54, 1.807) is 6.07 Å². The first-order valence-corrected chi connectivity index (χ1v) is 6.24. The normalized spacial score (nSPS) is 11.4. The van der Waals surface area contributed by atoms with E-state index in [4.69, 9.17) is 8.83 Å². The van der Waals surface area contributed by atoms with Crippen LogP contribution in [0.25, 0.3) is 21.9 Å². The molecule has 92 valence electrons. The van der Waals surface area contributed by atoms with Gasteiger partial charge in [-0.1, -0.05) is 25.5 Å². The molecule has 0 amide bonds. The van der Waals surface area contributed by atoms with Crippen molar-refractivity contribution in [2.45, 2.75) is 26.2 Å². The molecule has 3 nitrogen and oxygen atoms in total. The molecule has 0 N–H and O–H groups in total. The number of hydrogen-bond acceptors (Lipinski definition) is 3. The number of unbranched alkanes of at least 4 members (excludes halogenated alkanes) is 1. The number of para-hydroxylation sites is 1. The van der Waals surface area contributed by atoms with Crippen LogP contribution in [0.1, 0.15) is 25.5 Å². The van der Waals surface area contributed by atoms with Gasteiger partial charge in [0.2, 0.25) is 0 Å². The van der Waals surface area contributed by atoms with E-state index in [-0.39, 0.29) is 5.63 Å². The van der Waals surface area contributed by atoms with E-state index >= 15 is 0 Å². The highest BCUT2D eigenvalue weighted by molar-refractivity contribution is 6.00. The fourth-order valence-corrected chi connectivity index (χ4v) is 2.17. The van der Waals surface area contributed by atoms with Gasteiger partial charge in [0.05, 0.1) is 5.39 Å². The lowest BCUT2D eigenvalue weighted by molar-refractivity contribution is 0.534. The summed E-state index contributed by atoms with van der Waals surface area (Å²) in [5.41, 5.74) is 0.898. The van der Waals surface area contributed by atoms with Crippen LogP contribution in [0, 0.1) is 0 Å². The first kappa shape index (κ1) is 11.1. The average molecular weight is 242 g/mol. The Balaban J connectivity index is 2.27. The van der Waals surface area contributed by atoms with Gasteiger partial charge < -0.3 is 8.83 Å². The number of benzene rings is 1. The van der Waals surface area contributed by atoms with Gasteiger partial charge in [0.15, 0.2) is 5.58 Å². The quantitative estimate of drug-likeness (QED) is 0.654. The molecule has 0 saturated carbocycles. The third-order valence-corrected chi connectivity index (χ3v) is 3.11. The molecule has 3 aromatic rings. The molecule has 0 bridgehead atoms. The molecule has 3 heteroatoms. The Labute approximate surface area is 104 Å². The van der Waals surface area contributed by atoms with E-state index in [0.29, 0.717) is 16.6 Å². The van der Waals surface area contributed by atoms with Gasteiger partial charge in [0.25, 0.3) is 0 Å². The molecule has 0 unspecified atom stereocenters. The van der Waals surface area contributed by atoms with Crippen molar-refractivity contribution < 1.29 is 8.83 Å². The topological polar surface area (TPSA) is 43.4 Å². The number of fused-ring (bicyclic) bond motifs is 3. The molecule has 0 aliphatic carbocycles. The SMILES string of the molecule is CCCCc1cc2c(=O)oc3ccccc3c2o1. The Kier molecular flexibility index (Phi) is 2.67. The standard InChI is InChI=1S/C15H14O3/c1-2-3-6-10-9-12-14(17-10)11-7-4-5-8-13(11)18-15(12)16/h4-5,7-9H,2-3,6H2,1H3. The Hall–Kier alpha value is -2.03. The van der Waals surface area contributed by atoms with E-state index < -0.39 is 0 Å². The van der Waals surface area contributed by atoms with Crippen LogP contribution in [0.3, 0.4) is 0 Å². The van der Waals surface area contributed by atoms with Crippen molar-refractivity contribution in [3.63, 3.8) is 0 Å². The Morgan fingerprint density at radius 1 is 1.11 bits per heavy atom.